The molecule has 0 spiro atoms. The Balaban J connectivity index is 2.00. The van der Waals surface area contributed by atoms with Crippen LogP contribution in [0.3, 0.4) is 0 Å². The molecule has 2 aromatic carbocycles. The third-order valence-corrected chi connectivity index (χ3v) is 5.53. The van der Waals surface area contributed by atoms with Gasteiger partial charge in [0.2, 0.25) is 0 Å². The molecule has 0 N–H and O–H groups in total. The van der Waals surface area contributed by atoms with Gasteiger partial charge in [-0.1, -0.05) is 42.5 Å². The molecule has 0 radical (unpaired) electrons. The van der Waals surface area contributed by atoms with Crippen molar-refractivity contribution < 1.29 is 0 Å². The van der Waals surface area contributed by atoms with E-state index in [4.69, 9.17) is 0 Å². The molecule has 0 fully saturated rings. The Morgan fingerprint density at radius 1 is 1.00 bits per heavy atom. The van der Waals surface area contributed by atoms with Crippen molar-refractivity contribution in [3.8, 4) is 10.4 Å². The van der Waals surface area contributed by atoms with Crippen molar-refractivity contribution in [2.24, 2.45) is 0 Å². The van der Waals surface area contributed by atoms with Gasteiger partial charge < -0.3 is 0 Å². The molecule has 5 rings (SSSR count). The Labute approximate surface area is 135 Å². The highest BCUT2D eigenvalue weighted by Gasteiger charge is 2.17. The van der Waals surface area contributed by atoms with Gasteiger partial charge in [0.1, 0.15) is 5.82 Å². The van der Waals surface area contributed by atoms with Crippen LogP contribution in [-0.4, -0.2) is 9.38 Å². The molecular formula is C19H12N2OS. The van der Waals surface area contributed by atoms with Gasteiger partial charge >= 0.3 is 0 Å². The van der Waals surface area contributed by atoms with Gasteiger partial charge in [0.05, 0.1) is 16.4 Å². The zero-order valence-electron chi connectivity index (χ0n) is 12.4. The number of aromatic nitrogens is 2. The van der Waals surface area contributed by atoms with Gasteiger partial charge in [-0.05, 0) is 24.6 Å². The smallest absolute Gasteiger partial charge is 0.265 e. The molecule has 0 aliphatic rings. The van der Waals surface area contributed by atoms with Crippen LogP contribution in [0.25, 0.3) is 36.9 Å². The highest BCUT2D eigenvalue weighted by Crippen LogP contribution is 2.37. The van der Waals surface area contributed by atoms with Crippen molar-refractivity contribution in [2.45, 2.75) is 6.92 Å². The maximum atomic E-state index is 13.0. The van der Waals surface area contributed by atoms with E-state index in [-0.39, 0.29) is 5.56 Å². The largest absolute Gasteiger partial charge is 0.268 e. The monoisotopic (exact) mass is 316 g/mol. The lowest BCUT2D eigenvalue weighted by Crippen LogP contribution is -2.13. The van der Waals surface area contributed by atoms with Crippen LogP contribution in [0.15, 0.2) is 59.4 Å². The zero-order valence-corrected chi connectivity index (χ0v) is 13.2. The summed E-state index contributed by atoms with van der Waals surface area (Å²) in [6.45, 7) is 1.89. The van der Waals surface area contributed by atoms with Crippen molar-refractivity contribution in [1.29, 1.82) is 0 Å². The number of pyridine rings is 1. The van der Waals surface area contributed by atoms with E-state index < -0.39 is 0 Å². The van der Waals surface area contributed by atoms with Crippen molar-refractivity contribution in [1.82, 2.24) is 9.38 Å². The fourth-order valence-corrected chi connectivity index (χ4v) is 4.47. The van der Waals surface area contributed by atoms with Crippen LogP contribution in [0.2, 0.25) is 0 Å². The Kier molecular flexibility index (Phi) is 2.44. The number of rotatable bonds is 1. The standard InChI is InChI=1S/C19H12N2OS/c1-11-20-15-9-5-8-13-17(15)21(11)19(22)14-10-16(23-18(13)14)12-6-3-2-4-7-12/h2-10H,1H3. The van der Waals surface area contributed by atoms with E-state index >= 15 is 0 Å². The van der Waals surface area contributed by atoms with Crippen LogP contribution in [0, 0.1) is 6.92 Å². The van der Waals surface area contributed by atoms with Crippen LogP contribution in [0.1, 0.15) is 5.82 Å². The molecule has 0 aliphatic heterocycles. The summed E-state index contributed by atoms with van der Waals surface area (Å²) in [7, 11) is 0. The first-order valence-electron chi connectivity index (χ1n) is 7.46. The van der Waals surface area contributed by atoms with Crippen molar-refractivity contribution in [2.75, 3.05) is 0 Å². The first-order valence-corrected chi connectivity index (χ1v) is 8.28. The lowest BCUT2D eigenvalue weighted by molar-refractivity contribution is 1.02. The van der Waals surface area contributed by atoms with Crippen LogP contribution in [-0.2, 0) is 0 Å². The number of fused-ring (bicyclic) bond motifs is 2. The van der Waals surface area contributed by atoms with Crippen molar-refractivity contribution >= 4 is 37.8 Å². The van der Waals surface area contributed by atoms with Gasteiger partial charge in [0, 0.05) is 15.0 Å². The molecule has 0 atom stereocenters. The molecule has 0 unspecified atom stereocenters. The summed E-state index contributed by atoms with van der Waals surface area (Å²) >= 11 is 1.68. The zero-order chi connectivity index (χ0) is 15.6. The van der Waals surface area contributed by atoms with E-state index in [9.17, 15) is 4.79 Å². The SMILES string of the molecule is Cc1nc2cccc3c4sc(-c5ccccc5)cc4c(=O)n1c23. The number of para-hydroxylation sites is 1. The summed E-state index contributed by atoms with van der Waals surface area (Å²) in [6.07, 6.45) is 0. The molecule has 3 aromatic heterocycles. The van der Waals surface area contributed by atoms with Gasteiger partial charge in [0.15, 0.2) is 0 Å². The second kappa shape index (κ2) is 4.40. The number of nitrogens with zero attached hydrogens (tertiary/aromatic N) is 2. The molecule has 23 heavy (non-hydrogen) atoms. The second-order valence-corrected chi connectivity index (χ2v) is 6.74. The molecule has 0 amide bonds. The number of hydrogen-bond acceptors (Lipinski definition) is 3. The second-order valence-electron chi connectivity index (χ2n) is 5.69. The summed E-state index contributed by atoms with van der Waals surface area (Å²) < 4.78 is 2.79. The van der Waals surface area contributed by atoms with Crippen molar-refractivity contribution in [3.63, 3.8) is 0 Å². The molecule has 3 heterocycles. The predicted molar refractivity (Wildman–Crippen MR) is 95.7 cm³/mol. The Bertz CT molecular complexity index is 1230. The third-order valence-electron chi connectivity index (χ3n) is 4.31. The van der Waals surface area contributed by atoms with Crippen LogP contribution in [0.5, 0.6) is 0 Å². The average Bonchev–Trinajstić information content (AvgIpc) is 3.16. The number of thiophene rings is 1. The lowest BCUT2D eigenvalue weighted by atomic mass is 10.1. The van der Waals surface area contributed by atoms with Crippen molar-refractivity contribution in [3.05, 3.63) is 70.8 Å². The quantitative estimate of drug-likeness (QED) is 0.457. The first kappa shape index (κ1) is 12.8. The van der Waals surface area contributed by atoms with E-state index in [0.29, 0.717) is 0 Å². The van der Waals surface area contributed by atoms with Crippen LogP contribution in [0.4, 0.5) is 0 Å². The number of benzene rings is 2. The van der Waals surface area contributed by atoms with Gasteiger partial charge in [-0.15, -0.1) is 11.3 Å². The predicted octanol–water partition coefficient (Wildman–Crippen LogP) is 4.48. The van der Waals surface area contributed by atoms with E-state index in [1.54, 1.807) is 15.7 Å². The fraction of sp³-hybridized carbons (Fsp3) is 0.0526. The van der Waals surface area contributed by atoms with E-state index in [1.807, 2.05) is 43.3 Å². The van der Waals surface area contributed by atoms with Gasteiger partial charge in [-0.3, -0.25) is 9.20 Å². The third kappa shape index (κ3) is 1.64. The normalized spacial score (nSPS) is 11.9. The van der Waals surface area contributed by atoms with Gasteiger partial charge in [0.25, 0.3) is 5.56 Å². The molecule has 0 saturated heterocycles. The fourth-order valence-electron chi connectivity index (χ4n) is 3.29. The molecule has 3 nitrogen and oxygen atoms in total. The van der Waals surface area contributed by atoms with Crippen LogP contribution < -0.4 is 5.56 Å². The Hall–Kier alpha value is -2.72. The lowest BCUT2D eigenvalue weighted by Gasteiger charge is -2.01. The summed E-state index contributed by atoms with van der Waals surface area (Å²) in [5, 5.41) is 1.87. The molecule has 0 saturated carbocycles. The number of hydrogen-bond donors (Lipinski definition) is 0. The molecule has 110 valence electrons. The summed E-state index contributed by atoms with van der Waals surface area (Å²) in [5.41, 5.74) is 2.99. The molecule has 4 heteroatoms. The van der Waals surface area contributed by atoms with Gasteiger partial charge in [-0.25, -0.2) is 4.98 Å². The minimum absolute atomic E-state index is 0.0251. The molecule has 0 aliphatic carbocycles. The van der Waals surface area contributed by atoms with Gasteiger partial charge in [-0.2, -0.15) is 0 Å². The minimum atomic E-state index is 0.0251. The highest BCUT2D eigenvalue weighted by atomic mass is 32.1. The molecule has 0 bridgehead atoms. The van der Waals surface area contributed by atoms with E-state index in [0.717, 1.165) is 42.8 Å². The first-order chi connectivity index (χ1) is 11.2. The van der Waals surface area contributed by atoms with Crippen LogP contribution >= 0.6 is 11.3 Å². The molecular weight excluding hydrogens is 304 g/mol. The minimum Gasteiger partial charge on any atom is -0.268 e. The summed E-state index contributed by atoms with van der Waals surface area (Å²) in [4.78, 5) is 18.6. The topological polar surface area (TPSA) is 34.4 Å². The number of aryl methyl sites for hydroxylation is 1. The Morgan fingerprint density at radius 2 is 1.83 bits per heavy atom. The van der Waals surface area contributed by atoms with E-state index in [2.05, 4.69) is 23.2 Å². The average molecular weight is 316 g/mol. The highest BCUT2D eigenvalue weighted by molar-refractivity contribution is 7.23. The summed E-state index contributed by atoms with van der Waals surface area (Å²) in [5.74, 6) is 0.746. The maximum Gasteiger partial charge on any atom is 0.265 e. The van der Waals surface area contributed by atoms with E-state index in [1.165, 1.54) is 0 Å². The summed E-state index contributed by atoms with van der Waals surface area (Å²) in [6, 6.07) is 18.3. The number of imidazole rings is 1. The molecule has 5 aromatic rings. The Morgan fingerprint density at radius 3 is 2.65 bits per heavy atom. The maximum absolute atomic E-state index is 13.0.